The van der Waals surface area contributed by atoms with Gasteiger partial charge in [-0.2, -0.15) is 0 Å². The van der Waals surface area contributed by atoms with Crippen LogP contribution in [0.4, 0.5) is 0 Å². The van der Waals surface area contributed by atoms with E-state index in [9.17, 15) is 9.59 Å². The van der Waals surface area contributed by atoms with Gasteiger partial charge in [-0.25, -0.2) is 0 Å². The number of nitrogens with zero attached hydrogens (tertiary/aromatic N) is 2. The molecule has 0 aromatic carbocycles. The van der Waals surface area contributed by atoms with Crippen LogP contribution >= 0.6 is 0 Å². The molecule has 1 aliphatic rings. The lowest BCUT2D eigenvalue weighted by Crippen LogP contribution is -2.33. The molecule has 6 heteroatoms. The topological polar surface area (TPSA) is 71.8 Å². The third-order valence-electron chi connectivity index (χ3n) is 3.35. The summed E-state index contributed by atoms with van der Waals surface area (Å²) in [4.78, 5) is 25.6. The first-order valence-electron chi connectivity index (χ1n) is 6.93. The highest BCUT2D eigenvalue weighted by Crippen LogP contribution is 2.08. The van der Waals surface area contributed by atoms with Crippen molar-refractivity contribution in [2.24, 2.45) is 0 Å². The molecule has 0 spiro atoms. The van der Waals surface area contributed by atoms with E-state index in [1.54, 1.807) is 23.2 Å². The Morgan fingerprint density at radius 1 is 1.35 bits per heavy atom. The quantitative estimate of drug-likeness (QED) is 0.810. The van der Waals surface area contributed by atoms with Crippen LogP contribution in [-0.2, 0) is 11.3 Å². The van der Waals surface area contributed by atoms with Crippen molar-refractivity contribution in [1.29, 1.82) is 0 Å². The van der Waals surface area contributed by atoms with Crippen LogP contribution in [0.25, 0.3) is 0 Å². The first kappa shape index (κ1) is 14.6. The Balaban J connectivity index is 1.95. The van der Waals surface area contributed by atoms with Crippen LogP contribution in [0.5, 0.6) is 5.75 Å². The predicted molar refractivity (Wildman–Crippen MR) is 73.7 cm³/mol. The molecule has 1 N–H and O–H groups in total. The molecule has 1 aliphatic heterocycles. The molecule has 0 unspecified atom stereocenters. The zero-order chi connectivity index (χ0) is 14.4. The van der Waals surface area contributed by atoms with Gasteiger partial charge in [0.05, 0.1) is 0 Å². The van der Waals surface area contributed by atoms with Gasteiger partial charge in [-0.3, -0.25) is 9.59 Å². The van der Waals surface area contributed by atoms with Gasteiger partial charge in [0, 0.05) is 32.4 Å². The number of likely N-dealkylation sites (tertiary alicyclic amines) is 1. The molecule has 0 saturated carbocycles. The maximum atomic E-state index is 12.0. The van der Waals surface area contributed by atoms with Crippen LogP contribution in [-0.4, -0.2) is 46.8 Å². The monoisotopic (exact) mass is 280 g/mol. The van der Waals surface area contributed by atoms with Crippen molar-refractivity contribution in [3.8, 4) is 5.75 Å². The van der Waals surface area contributed by atoms with Crippen molar-refractivity contribution in [3.05, 3.63) is 28.7 Å². The Labute approximate surface area is 117 Å². The van der Waals surface area contributed by atoms with Crippen molar-refractivity contribution < 1.29 is 14.6 Å². The minimum absolute atomic E-state index is 0.0327. The molecule has 2 heterocycles. The van der Waals surface area contributed by atoms with E-state index in [0.29, 0.717) is 13.0 Å². The number of aliphatic hydroxyl groups excluding tert-OH is 1. The molecule has 20 heavy (non-hydrogen) atoms. The molecule has 2 rings (SSSR count). The molecule has 1 saturated heterocycles. The van der Waals surface area contributed by atoms with E-state index in [-0.39, 0.29) is 30.4 Å². The normalized spacial score (nSPS) is 14.6. The predicted octanol–water partition coefficient (Wildman–Crippen LogP) is 0.232. The summed E-state index contributed by atoms with van der Waals surface area (Å²) in [5.41, 5.74) is -0.268. The largest absolute Gasteiger partial charge is 0.478 e. The fourth-order valence-corrected chi connectivity index (χ4v) is 2.24. The molecule has 0 bridgehead atoms. The van der Waals surface area contributed by atoms with Gasteiger partial charge in [-0.1, -0.05) is 0 Å². The Kier molecular flexibility index (Phi) is 5.17. The summed E-state index contributed by atoms with van der Waals surface area (Å²) in [7, 11) is 0. The van der Waals surface area contributed by atoms with Gasteiger partial charge in [0.15, 0.2) is 12.4 Å². The summed E-state index contributed by atoms with van der Waals surface area (Å²) < 4.78 is 6.82. The van der Waals surface area contributed by atoms with E-state index >= 15 is 0 Å². The van der Waals surface area contributed by atoms with Crippen LogP contribution in [0.2, 0.25) is 0 Å². The molecule has 6 nitrogen and oxygen atoms in total. The summed E-state index contributed by atoms with van der Waals surface area (Å²) in [6, 6.07) is 3.27. The van der Waals surface area contributed by atoms with E-state index in [2.05, 4.69) is 0 Å². The fourth-order valence-electron chi connectivity index (χ4n) is 2.24. The van der Waals surface area contributed by atoms with Gasteiger partial charge in [0.2, 0.25) is 0 Å². The van der Waals surface area contributed by atoms with Gasteiger partial charge >= 0.3 is 0 Å². The maximum absolute atomic E-state index is 12.0. The lowest BCUT2D eigenvalue weighted by atomic mass is 10.4. The van der Waals surface area contributed by atoms with Gasteiger partial charge in [-0.15, -0.1) is 0 Å². The van der Waals surface area contributed by atoms with E-state index in [4.69, 9.17) is 9.84 Å². The molecule has 110 valence electrons. The number of carbonyl (C=O) groups excluding carboxylic acids is 1. The molecule has 0 radical (unpaired) electrons. The average Bonchev–Trinajstić information content (AvgIpc) is 2.99. The second kappa shape index (κ2) is 7.09. The van der Waals surface area contributed by atoms with Crippen molar-refractivity contribution in [3.63, 3.8) is 0 Å². The van der Waals surface area contributed by atoms with E-state index in [0.717, 1.165) is 25.9 Å². The van der Waals surface area contributed by atoms with Gasteiger partial charge in [-0.05, 0) is 31.4 Å². The van der Waals surface area contributed by atoms with Crippen LogP contribution in [0.1, 0.15) is 19.3 Å². The number of amides is 1. The summed E-state index contributed by atoms with van der Waals surface area (Å²) in [6.45, 7) is 1.92. The number of rotatable bonds is 6. The Morgan fingerprint density at radius 3 is 2.80 bits per heavy atom. The van der Waals surface area contributed by atoms with Crippen LogP contribution in [0.3, 0.4) is 0 Å². The second-order valence-electron chi connectivity index (χ2n) is 4.82. The number of aryl methyl sites for hydroxylation is 1. The summed E-state index contributed by atoms with van der Waals surface area (Å²) in [5.74, 6) is 0.102. The number of aromatic nitrogens is 1. The molecular weight excluding hydrogens is 260 g/mol. The van der Waals surface area contributed by atoms with E-state index in [1.807, 2.05) is 0 Å². The number of hydrogen-bond donors (Lipinski definition) is 1. The molecule has 1 aromatic rings. The lowest BCUT2D eigenvalue weighted by Gasteiger charge is -2.15. The second-order valence-corrected chi connectivity index (χ2v) is 4.82. The Hall–Kier alpha value is -1.82. The Morgan fingerprint density at radius 2 is 2.10 bits per heavy atom. The lowest BCUT2D eigenvalue weighted by molar-refractivity contribution is -0.132. The zero-order valence-corrected chi connectivity index (χ0v) is 11.5. The van der Waals surface area contributed by atoms with Crippen LogP contribution in [0, 0.1) is 0 Å². The third-order valence-corrected chi connectivity index (χ3v) is 3.35. The van der Waals surface area contributed by atoms with Crippen LogP contribution < -0.4 is 10.3 Å². The summed E-state index contributed by atoms with van der Waals surface area (Å²) in [6.07, 6.45) is 4.22. The molecule has 0 atom stereocenters. The van der Waals surface area contributed by atoms with Crippen molar-refractivity contribution in [2.45, 2.75) is 25.8 Å². The summed E-state index contributed by atoms with van der Waals surface area (Å²) in [5, 5.41) is 8.79. The maximum Gasteiger partial charge on any atom is 0.292 e. The number of pyridine rings is 1. The molecule has 1 fully saturated rings. The number of hydrogen-bond acceptors (Lipinski definition) is 4. The highest BCUT2D eigenvalue weighted by molar-refractivity contribution is 5.77. The molecule has 1 amide bonds. The third kappa shape index (κ3) is 3.60. The van der Waals surface area contributed by atoms with Gasteiger partial charge in [0.1, 0.15) is 0 Å². The number of ether oxygens (including phenoxy) is 1. The number of aliphatic hydroxyl groups is 1. The van der Waals surface area contributed by atoms with Crippen molar-refractivity contribution >= 4 is 5.91 Å². The van der Waals surface area contributed by atoms with E-state index < -0.39 is 0 Å². The first-order valence-corrected chi connectivity index (χ1v) is 6.93. The van der Waals surface area contributed by atoms with Gasteiger partial charge in [0.25, 0.3) is 11.5 Å². The highest BCUT2D eigenvalue weighted by Gasteiger charge is 2.18. The molecular formula is C14H20N2O4. The SMILES string of the molecule is O=C(COc1cccn(CCCO)c1=O)N1CCCC1. The zero-order valence-electron chi connectivity index (χ0n) is 11.5. The number of carbonyl (C=O) groups is 1. The summed E-state index contributed by atoms with van der Waals surface area (Å²) >= 11 is 0. The first-order chi connectivity index (χ1) is 9.72. The fraction of sp³-hybridized carbons (Fsp3) is 0.571. The van der Waals surface area contributed by atoms with Crippen LogP contribution in [0.15, 0.2) is 23.1 Å². The van der Waals surface area contributed by atoms with Gasteiger partial charge < -0.3 is 19.3 Å². The minimum Gasteiger partial charge on any atom is -0.478 e. The average molecular weight is 280 g/mol. The molecule has 1 aromatic heterocycles. The minimum atomic E-state index is -0.268. The van der Waals surface area contributed by atoms with Crippen molar-refractivity contribution in [2.75, 3.05) is 26.3 Å². The van der Waals surface area contributed by atoms with Crippen molar-refractivity contribution in [1.82, 2.24) is 9.47 Å². The standard InChI is InChI=1S/C14H20N2O4/c17-10-4-9-16-8-3-5-12(14(16)19)20-11-13(18)15-6-1-2-7-15/h3,5,8,17H,1-2,4,6-7,9-11H2. The smallest absolute Gasteiger partial charge is 0.292 e. The highest BCUT2D eigenvalue weighted by atomic mass is 16.5. The Bertz CT molecular complexity index is 506. The molecule has 0 aliphatic carbocycles. The van der Waals surface area contributed by atoms with E-state index in [1.165, 1.54) is 4.57 Å².